The maximum Gasteiger partial charge on any atom is 0.313 e. The molecule has 172 valence electrons. The van der Waals surface area contributed by atoms with E-state index in [1.807, 2.05) is 32.3 Å². The lowest BCUT2D eigenvalue weighted by atomic mass is 10.1. The molecule has 0 aliphatic carbocycles. The Morgan fingerprint density at radius 2 is 1.27 bits per heavy atom. The largest absolute Gasteiger partial charge is 1.00 e. The number of amides is 1. The molecule has 2 nitrogen and oxygen atoms in total. The van der Waals surface area contributed by atoms with E-state index in [2.05, 4.69) is 31.2 Å². The summed E-state index contributed by atoms with van der Waals surface area (Å²) in [6.45, 7) is 3.06. The van der Waals surface area contributed by atoms with E-state index in [0.717, 1.165) is 13.0 Å². The van der Waals surface area contributed by atoms with Crippen LogP contribution in [0.5, 0.6) is 0 Å². The molecule has 0 bridgehead atoms. The number of quaternary nitrogens is 1. The van der Waals surface area contributed by atoms with Crippen LogP contribution in [0, 0.1) is 0 Å². The third-order valence-electron chi connectivity index (χ3n) is 5.75. The number of hydrogen-bond acceptors (Lipinski definition) is 1. The van der Waals surface area contributed by atoms with Crippen molar-refractivity contribution in [2.24, 2.45) is 0 Å². The predicted molar refractivity (Wildman–Crippen MR) is 127 cm³/mol. The van der Waals surface area contributed by atoms with Gasteiger partial charge >= 0.3 is 5.91 Å². The number of benzene rings is 1. The van der Waals surface area contributed by atoms with Crippen LogP contribution >= 0.6 is 0 Å². The van der Waals surface area contributed by atoms with E-state index in [-0.39, 0.29) is 12.4 Å². The first-order chi connectivity index (χ1) is 14.1. The Bertz CT molecular complexity index is 553. The van der Waals surface area contributed by atoms with E-state index in [0.29, 0.717) is 16.8 Å². The molecule has 0 radical (unpaired) electrons. The van der Waals surface area contributed by atoms with E-state index in [1.54, 1.807) is 0 Å². The van der Waals surface area contributed by atoms with Crippen molar-refractivity contribution in [3.63, 3.8) is 0 Å². The SMILES string of the molecule is CCCCCCCCC=CCCCCCCCC(=O)[N+](C)(C)Cc1ccccc1.[Cl-]. The molecular weight excluding hydrogens is 390 g/mol. The van der Waals surface area contributed by atoms with Crippen molar-refractivity contribution < 1.29 is 21.7 Å². The minimum Gasteiger partial charge on any atom is -1.00 e. The van der Waals surface area contributed by atoms with Gasteiger partial charge in [0.15, 0.2) is 0 Å². The summed E-state index contributed by atoms with van der Waals surface area (Å²) in [5.74, 6) is 0.353. The smallest absolute Gasteiger partial charge is 0.313 e. The fraction of sp³-hybridized carbons (Fsp3) is 0.667. The van der Waals surface area contributed by atoms with E-state index in [1.165, 1.54) is 82.6 Å². The molecule has 0 fully saturated rings. The van der Waals surface area contributed by atoms with Gasteiger partial charge in [0, 0.05) is 5.56 Å². The van der Waals surface area contributed by atoms with Crippen molar-refractivity contribution in [2.75, 3.05) is 14.1 Å². The first-order valence-corrected chi connectivity index (χ1v) is 12.1. The lowest BCUT2D eigenvalue weighted by Gasteiger charge is -2.27. The van der Waals surface area contributed by atoms with E-state index in [4.69, 9.17) is 0 Å². The second-order valence-corrected chi connectivity index (χ2v) is 9.06. The van der Waals surface area contributed by atoms with Gasteiger partial charge in [-0.05, 0) is 32.1 Å². The molecule has 0 N–H and O–H groups in total. The maximum absolute atomic E-state index is 12.6. The highest BCUT2D eigenvalue weighted by Gasteiger charge is 2.25. The summed E-state index contributed by atoms with van der Waals surface area (Å²) in [4.78, 5) is 12.6. The molecule has 1 rings (SSSR count). The van der Waals surface area contributed by atoms with E-state index < -0.39 is 0 Å². The number of carbonyl (C=O) groups is 1. The molecule has 0 saturated heterocycles. The van der Waals surface area contributed by atoms with Gasteiger partial charge in [-0.15, -0.1) is 0 Å². The fourth-order valence-electron chi connectivity index (χ4n) is 3.78. The lowest BCUT2D eigenvalue weighted by molar-refractivity contribution is -0.828. The topological polar surface area (TPSA) is 17.1 Å². The van der Waals surface area contributed by atoms with Crippen molar-refractivity contribution in [3.8, 4) is 0 Å². The summed E-state index contributed by atoms with van der Waals surface area (Å²) in [5.41, 5.74) is 1.23. The van der Waals surface area contributed by atoms with Crippen LogP contribution in [-0.4, -0.2) is 24.5 Å². The van der Waals surface area contributed by atoms with Crippen molar-refractivity contribution in [2.45, 2.75) is 103 Å². The number of nitrogens with zero attached hydrogens (tertiary/aromatic N) is 1. The number of unbranched alkanes of at least 4 members (excludes halogenated alkanes) is 11. The van der Waals surface area contributed by atoms with Gasteiger partial charge in [-0.3, -0.25) is 4.48 Å². The number of halogens is 1. The molecule has 0 heterocycles. The highest BCUT2D eigenvalue weighted by atomic mass is 35.5. The minimum atomic E-state index is 0. The molecule has 3 heteroatoms. The minimum absolute atomic E-state index is 0. The highest BCUT2D eigenvalue weighted by Crippen LogP contribution is 2.15. The third kappa shape index (κ3) is 14.8. The molecule has 0 aliphatic rings. The fourth-order valence-corrected chi connectivity index (χ4v) is 3.78. The Balaban J connectivity index is 0.00000841. The predicted octanol–water partition coefficient (Wildman–Crippen LogP) is 4.83. The van der Waals surface area contributed by atoms with Crippen LogP contribution in [0.25, 0.3) is 0 Å². The molecular formula is C27H46ClNO. The Morgan fingerprint density at radius 3 is 1.83 bits per heavy atom. The summed E-state index contributed by atoms with van der Waals surface area (Å²) < 4.78 is 0.452. The van der Waals surface area contributed by atoms with Crippen LogP contribution in [0.4, 0.5) is 0 Å². The molecule has 0 saturated carbocycles. The monoisotopic (exact) mass is 435 g/mol. The number of allylic oxidation sites excluding steroid dienone is 2. The molecule has 1 aromatic carbocycles. The van der Waals surface area contributed by atoms with Crippen molar-refractivity contribution in [3.05, 3.63) is 48.0 Å². The second-order valence-electron chi connectivity index (χ2n) is 9.06. The first kappa shape index (κ1) is 28.9. The Morgan fingerprint density at radius 1 is 0.767 bits per heavy atom. The van der Waals surface area contributed by atoms with Crippen molar-refractivity contribution in [1.82, 2.24) is 0 Å². The molecule has 0 unspecified atom stereocenters. The standard InChI is InChI=1S/C27H46NO.ClH/c1-4-5-6-7-8-9-10-11-12-13-14-15-16-17-21-24-27(29)28(2,3)25-26-22-19-18-20-23-26;/h11-12,18-20,22-23H,4-10,13-17,21,24-25H2,1-3H3;1H/q+1;/p-1. The quantitative estimate of drug-likeness (QED) is 0.194. The van der Waals surface area contributed by atoms with Crippen LogP contribution in [-0.2, 0) is 11.3 Å². The normalized spacial score (nSPS) is 11.6. The van der Waals surface area contributed by atoms with Crippen LogP contribution in [0.2, 0.25) is 0 Å². The van der Waals surface area contributed by atoms with E-state index in [9.17, 15) is 4.79 Å². The molecule has 1 amide bonds. The third-order valence-corrected chi connectivity index (χ3v) is 5.75. The average Bonchev–Trinajstić information content (AvgIpc) is 2.71. The van der Waals surface area contributed by atoms with Crippen molar-refractivity contribution in [1.29, 1.82) is 0 Å². The Kier molecular flexibility index (Phi) is 17.9. The summed E-state index contributed by atoms with van der Waals surface area (Å²) in [6.07, 6.45) is 22.3. The van der Waals surface area contributed by atoms with Crippen molar-refractivity contribution >= 4 is 5.91 Å². The van der Waals surface area contributed by atoms with Gasteiger partial charge < -0.3 is 12.4 Å². The average molecular weight is 436 g/mol. The van der Waals surface area contributed by atoms with Gasteiger partial charge in [0.2, 0.25) is 0 Å². The molecule has 0 aromatic heterocycles. The van der Waals surface area contributed by atoms with E-state index >= 15 is 0 Å². The summed E-state index contributed by atoms with van der Waals surface area (Å²) >= 11 is 0. The van der Waals surface area contributed by atoms with Gasteiger partial charge in [-0.25, -0.2) is 4.79 Å². The van der Waals surface area contributed by atoms with Gasteiger partial charge in [0.25, 0.3) is 0 Å². The maximum atomic E-state index is 12.6. The number of carbonyl (C=O) groups excluding carboxylic acids is 1. The Hall–Kier alpha value is -1.12. The van der Waals surface area contributed by atoms with Gasteiger partial charge in [-0.1, -0.05) is 101 Å². The van der Waals surface area contributed by atoms with Gasteiger partial charge in [0.1, 0.15) is 6.54 Å². The zero-order chi connectivity index (χ0) is 21.2. The van der Waals surface area contributed by atoms with Crippen LogP contribution in [0.1, 0.15) is 102 Å². The summed E-state index contributed by atoms with van der Waals surface area (Å²) in [6, 6.07) is 10.3. The zero-order valence-corrected chi connectivity index (χ0v) is 20.6. The zero-order valence-electron chi connectivity index (χ0n) is 19.9. The van der Waals surface area contributed by atoms with Crippen LogP contribution < -0.4 is 12.4 Å². The second kappa shape index (κ2) is 18.6. The van der Waals surface area contributed by atoms with Gasteiger partial charge in [0.05, 0.1) is 20.5 Å². The molecule has 0 atom stereocenters. The van der Waals surface area contributed by atoms with Crippen LogP contribution in [0.3, 0.4) is 0 Å². The van der Waals surface area contributed by atoms with Crippen LogP contribution in [0.15, 0.2) is 42.5 Å². The first-order valence-electron chi connectivity index (χ1n) is 12.1. The summed E-state index contributed by atoms with van der Waals surface area (Å²) in [5, 5.41) is 0. The number of rotatable bonds is 17. The Labute approximate surface area is 193 Å². The molecule has 1 aromatic rings. The molecule has 0 aliphatic heterocycles. The van der Waals surface area contributed by atoms with Gasteiger partial charge in [-0.2, -0.15) is 0 Å². The highest BCUT2D eigenvalue weighted by molar-refractivity contribution is 5.68. The lowest BCUT2D eigenvalue weighted by Crippen LogP contribution is -3.00. The number of hydrogen-bond donors (Lipinski definition) is 0. The molecule has 0 spiro atoms. The summed E-state index contributed by atoms with van der Waals surface area (Å²) in [7, 11) is 4.07. The molecule has 30 heavy (non-hydrogen) atoms.